The molecule has 158 valence electrons. The lowest BCUT2D eigenvalue weighted by atomic mass is 10.1. The quantitative estimate of drug-likeness (QED) is 0.580. The summed E-state index contributed by atoms with van der Waals surface area (Å²) in [4.78, 5) is 18.0. The number of anilines is 1. The molecular formula is C20H21N3O4S3. The van der Waals surface area contributed by atoms with Crippen LogP contribution < -0.4 is 5.32 Å². The van der Waals surface area contributed by atoms with E-state index in [9.17, 15) is 13.2 Å². The summed E-state index contributed by atoms with van der Waals surface area (Å²) in [7, 11) is -3.50. The highest BCUT2D eigenvalue weighted by Crippen LogP contribution is 2.28. The zero-order valence-electron chi connectivity index (χ0n) is 16.1. The number of thiazole rings is 1. The van der Waals surface area contributed by atoms with Crippen LogP contribution in [-0.2, 0) is 26.0 Å². The van der Waals surface area contributed by atoms with E-state index in [-0.39, 0.29) is 10.8 Å². The summed E-state index contributed by atoms with van der Waals surface area (Å²) in [5.41, 5.74) is 1.77. The fraction of sp³-hybridized carbons (Fsp3) is 0.300. The maximum Gasteiger partial charge on any atom is 0.243 e. The van der Waals surface area contributed by atoms with Gasteiger partial charge in [-0.15, -0.1) is 22.7 Å². The molecule has 3 heterocycles. The molecule has 30 heavy (non-hydrogen) atoms. The Morgan fingerprint density at radius 3 is 2.60 bits per heavy atom. The first-order valence-electron chi connectivity index (χ1n) is 9.48. The van der Waals surface area contributed by atoms with Gasteiger partial charge in [0.15, 0.2) is 5.13 Å². The van der Waals surface area contributed by atoms with Gasteiger partial charge in [-0.05, 0) is 35.6 Å². The molecule has 1 fully saturated rings. The molecule has 0 radical (unpaired) electrons. The molecule has 0 bridgehead atoms. The predicted molar refractivity (Wildman–Crippen MR) is 118 cm³/mol. The Morgan fingerprint density at radius 1 is 1.13 bits per heavy atom. The van der Waals surface area contributed by atoms with Crippen molar-refractivity contribution < 1.29 is 17.9 Å². The second-order valence-corrected chi connectivity index (χ2v) is 10.5. The molecule has 0 aliphatic carbocycles. The van der Waals surface area contributed by atoms with E-state index in [1.54, 1.807) is 35.6 Å². The van der Waals surface area contributed by atoms with E-state index in [2.05, 4.69) is 10.3 Å². The lowest BCUT2D eigenvalue weighted by molar-refractivity contribution is -0.116. The highest BCUT2D eigenvalue weighted by atomic mass is 32.2. The zero-order valence-corrected chi connectivity index (χ0v) is 18.6. The molecule has 1 aromatic carbocycles. The van der Waals surface area contributed by atoms with E-state index in [4.69, 9.17) is 4.74 Å². The Bertz CT molecular complexity index is 1090. The molecule has 2 aromatic heterocycles. The summed E-state index contributed by atoms with van der Waals surface area (Å²) in [5.74, 6) is -0.118. The molecule has 0 atom stereocenters. The number of amides is 1. The van der Waals surface area contributed by atoms with Crippen LogP contribution in [0.4, 0.5) is 5.13 Å². The Balaban J connectivity index is 1.31. The molecule has 3 aromatic rings. The van der Waals surface area contributed by atoms with Crippen molar-refractivity contribution >= 4 is 43.7 Å². The number of sulfonamides is 1. The van der Waals surface area contributed by atoms with Gasteiger partial charge in [-0.3, -0.25) is 4.79 Å². The Hall–Kier alpha value is -2.11. The van der Waals surface area contributed by atoms with Gasteiger partial charge in [0.1, 0.15) is 0 Å². The maximum atomic E-state index is 12.7. The number of hydrogen-bond donors (Lipinski definition) is 1. The van der Waals surface area contributed by atoms with Gasteiger partial charge in [0.2, 0.25) is 15.9 Å². The Kier molecular flexibility index (Phi) is 6.59. The minimum atomic E-state index is -3.50. The number of ether oxygens (including phenoxy) is 1. The van der Waals surface area contributed by atoms with Gasteiger partial charge in [-0.1, -0.05) is 18.2 Å². The topological polar surface area (TPSA) is 88.6 Å². The molecule has 1 amide bonds. The van der Waals surface area contributed by atoms with Crippen LogP contribution in [0.25, 0.3) is 10.6 Å². The number of carbonyl (C=O) groups excluding carboxylic acids is 1. The molecule has 7 nitrogen and oxygen atoms in total. The lowest BCUT2D eigenvalue weighted by Gasteiger charge is -2.26. The standard InChI is InChI=1S/C20H21N3O4S3/c24-19(22-20-21-17(14-29-20)18-2-1-13-28-18)8-5-15-3-6-16(7-4-15)30(25,26)23-9-11-27-12-10-23/h1-4,6-7,13-14H,5,8-12H2,(H,21,22,24). The van der Waals surface area contributed by atoms with E-state index in [0.717, 1.165) is 16.1 Å². The van der Waals surface area contributed by atoms with Gasteiger partial charge >= 0.3 is 0 Å². The van der Waals surface area contributed by atoms with Crippen LogP contribution in [0.3, 0.4) is 0 Å². The van der Waals surface area contributed by atoms with Crippen molar-refractivity contribution in [1.82, 2.24) is 9.29 Å². The molecule has 1 aliphatic rings. The lowest BCUT2D eigenvalue weighted by Crippen LogP contribution is -2.40. The van der Waals surface area contributed by atoms with E-state index < -0.39 is 10.0 Å². The third-order valence-electron chi connectivity index (χ3n) is 4.70. The van der Waals surface area contributed by atoms with Crippen molar-refractivity contribution in [3.63, 3.8) is 0 Å². The molecule has 1 aliphatic heterocycles. The van der Waals surface area contributed by atoms with Crippen LogP contribution in [0.1, 0.15) is 12.0 Å². The minimum Gasteiger partial charge on any atom is -0.379 e. The van der Waals surface area contributed by atoms with Crippen LogP contribution in [0.5, 0.6) is 0 Å². The summed E-state index contributed by atoms with van der Waals surface area (Å²) in [5, 5.41) is 7.33. The van der Waals surface area contributed by atoms with E-state index >= 15 is 0 Å². The van der Waals surface area contributed by atoms with Crippen LogP contribution in [0.2, 0.25) is 0 Å². The number of nitrogens with one attached hydrogen (secondary N) is 1. The van der Waals surface area contributed by atoms with Gasteiger partial charge in [0, 0.05) is 24.9 Å². The highest BCUT2D eigenvalue weighted by Gasteiger charge is 2.26. The number of rotatable bonds is 7. The molecule has 1 saturated heterocycles. The summed E-state index contributed by atoms with van der Waals surface area (Å²) in [6, 6.07) is 10.7. The first kappa shape index (κ1) is 21.1. The number of aryl methyl sites for hydroxylation is 1. The molecule has 0 spiro atoms. The normalized spacial score (nSPS) is 15.2. The fourth-order valence-corrected chi connectivity index (χ4v) is 5.97. The smallest absolute Gasteiger partial charge is 0.243 e. The molecule has 1 N–H and O–H groups in total. The number of thiophene rings is 1. The van der Waals surface area contributed by atoms with Crippen LogP contribution in [0, 0.1) is 0 Å². The van der Waals surface area contributed by atoms with Crippen LogP contribution >= 0.6 is 22.7 Å². The Morgan fingerprint density at radius 2 is 1.90 bits per heavy atom. The average molecular weight is 464 g/mol. The van der Waals surface area contributed by atoms with E-state index in [0.29, 0.717) is 44.3 Å². The van der Waals surface area contributed by atoms with Crippen molar-refractivity contribution in [3.05, 3.63) is 52.7 Å². The number of morpholine rings is 1. The Labute approximate surface area is 183 Å². The number of benzene rings is 1. The van der Waals surface area contributed by atoms with Gasteiger partial charge < -0.3 is 10.1 Å². The van der Waals surface area contributed by atoms with Gasteiger partial charge in [-0.2, -0.15) is 4.31 Å². The maximum absolute atomic E-state index is 12.7. The van der Waals surface area contributed by atoms with Crippen LogP contribution in [0.15, 0.2) is 52.1 Å². The SMILES string of the molecule is O=C(CCc1ccc(S(=O)(=O)N2CCOCC2)cc1)Nc1nc(-c2cccs2)cs1. The van der Waals surface area contributed by atoms with Gasteiger partial charge in [0.05, 0.1) is 28.7 Å². The average Bonchev–Trinajstić information content (AvgIpc) is 3.45. The number of aromatic nitrogens is 1. The summed E-state index contributed by atoms with van der Waals surface area (Å²) < 4.78 is 32.0. The fourth-order valence-electron chi connectivity index (χ4n) is 3.07. The largest absolute Gasteiger partial charge is 0.379 e. The molecule has 0 unspecified atom stereocenters. The second kappa shape index (κ2) is 9.36. The number of hydrogen-bond acceptors (Lipinski definition) is 7. The van der Waals surface area contributed by atoms with E-state index in [1.807, 2.05) is 22.9 Å². The predicted octanol–water partition coefficient (Wildman–Crippen LogP) is 3.46. The number of carbonyl (C=O) groups is 1. The third kappa shape index (κ3) is 4.96. The molecule has 10 heteroatoms. The first-order chi connectivity index (χ1) is 14.5. The van der Waals surface area contributed by atoms with Crippen molar-refractivity contribution in [2.24, 2.45) is 0 Å². The van der Waals surface area contributed by atoms with Crippen molar-refractivity contribution in [1.29, 1.82) is 0 Å². The van der Waals surface area contributed by atoms with E-state index in [1.165, 1.54) is 15.6 Å². The monoisotopic (exact) mass is 463 g/mol. The van der Waals surface area contributed by atoms with Crippen molar-refractivity contribution in [2.75, 3.05) is 31.6 Å². The van der Waals surface area contributed by atoms with Crippen molar-refractivity contribution in [2.45, 2.75) is 17.7 Å². The first-order valence-corrected chi connectivity index (χ1v) is 12.7. The molecular weight excluding hydrogens is 442 g/mol. The van der Waals surface area contributed by atoms with Crippen molar-refractivity contribution in [3.8, 4) is 10.6 Å². The highest BCUT2D eigenvalue weighted by molar-refractivity contribution is 7.89. The summed E-state index contributed by atoms with van der Waals surface area (Å²) >= 11 is 3.01. The zero-order chi connectivity index (χ0) is 21.0. The third-order valence-corrected chi connectivity index (χ3v) is 8.26. The second-order valence-electron chi connectivity index (χ2n) is 6.72. The van der Waals surface area contributed by atoms with Crippen LogP contribution in [-0.4, -0.2) is 49.9 Å². The molecule has 0 saturated carbocycles. The van der Waals surface area contributed by atoms with Gasteiger partial charge in [-0.25, -0.2) is 13.4 Å². The summed E-state index contributed by atoms with van der Waals surface area (Å²) in [6.07, 6.45) is 0.816. The van der Waals surface area contributed by atoms with Gasteiger partial charge in [0.25, 0.3) is 0 Å². The minimum absolute atomic E-state index is 0.118. The summed E-state index contributed by atoms with van der Waals surface area (Å²) in [6.45, 7) is 1.57. The number of nitrogens with zero attached hydrogens (tertiary/aromatic N) is 2. The molecule has 4 rings (SSSR count).